The second-order valence-corrected chi connectivity index (χ2v) is 10.2. The Morgan fingerprint density at radius 2 is 1.88 bits per heavy atom. The summed E-state index contributed by atoms with van der Waals surface area (Å²) in [7, 11) is 0. The average Bonchev–Trinajstić information content (AvgIpc) is 3.49. The number of nitrogens with one attached hydrogen (secondary N) is 2. The Morgan fingerprint density at radius 3 is 2.53 bits per heavy atom. The number of nitrogens with zero attached hydrogens (tertiary/aromatic N) is 1. The van der Waals surface area contributed by atoms with Crippen molar-refractivity contribution in [3.05, 3.63) is 29.6 Å². The minimum absolute atomic E-state index is 0.0146. The van der Waals surface area contributed by atoms with Crippen LogP contribution in [0.25, 0.3) is 0 Å². The number of unbranched alkanes of at least 4 members (excludes halogenated alkanes) is 4. The van der Waals surface area contributed by atoms with E-state index in [1.54, 1.807) is 4.90 Å². The maximum atomic E-state index is 14.2. The molecule has 178 valence electrons. The van der Waals surface area contributed by atoms with Crippen LogP contribution >= 0.6 is 0 Å². The molecule has 1 atom stereocenters. The smallest absolute Gasteiger partial charge is 0.324 e. The van der Waals surface area contributed by atoms with E-state index in [1.165, 1.54) is 18.9 Å². The highest BCUT2D eigenvalue weighted by molar-refractivity contribution is 6.01. The molecule has 2 fully saturated rings. The van der Waals surface area contributed by atoms with Crippen molar-refractivity contribution in [3.63, 3.8) is 0 Å². The lowest BCUT2D eigenvalue weighted by Gasteiger charge is -2.32. The molecule has 1 unspecified atom stereocenters. The molecule has 3 amide bonds. The molecule has 0 aromatic heterocycles. The minimum Gasteiger partial charge on any atom is -0.490 e. The van der Waals surface area contributed by atoms with Gasteiger partial charge in [0, 0.05) is 12.6 Å². The third kappa shape index (κ3) is 7.47. The first kappa shape index (κ1) is 24.5. The standard InChI is InChI=1S/C25H38FN3O3/c1-25(2,3)23(19-11-12-20(26)21(15-19)32-17-18-9-10-18)27-13-7-5-4-6-8-14-29-16-22(30)28-24(29)31/h11-12,15,18,23,27H,4-10,13-14,16-17H2,1-3H3,(H,28,30,31). The second kappa shape index (κ2) is 11.1. The van der Waals surface area contributed by atoms with Crippen LogP contribution in [0.1, 0.15) is 77.3 Å². The summed E-state index contributed by atoms with van der Waals surface area (Å²) in [6, 6.07) is 5.08. The van der Waals surface area contributed by atoms with Gasteiger partial charge in [0.2, 0.25) is 5.91 Å². The van der Waals surface area contributed by atoms with Crippen molar-refractivity contribution in [1.82, 2.24) is 15.5 Å². The fraction of sp³-hybridized carbons (Fsp3) is 0.680. The molecule has 1 aromatic carbocycles. The number of rotatable bonds is 13. The Kier molecular flexibility index (Phi) is 8.51. The van der Waals surface area contributed by atoms with Crippen molar-refractivity contribution in [3.8, 4) is 5.75 Å². The number of halogens is 1. The summed E-state index contributed by atoms with van der Waals surface area (Å²) in [4.78, 5) is 24.3. The molecule has 1 saturated carbocycles. The molecule has 1 heterocycles. The summed E-state index contributed by atoms with van der Waals surface area (Å²) in [6.45, 7) is 8.90. The molecule has 0 radical (unpaired) electrons. The zero-order valence-corrected chi connectivity index (χ0v) is 19.7. The van der Waals surface area contributed by atoms with Gasteiger partial charge in [0.05, 0.1) is 6.61 Å². The third-order valence-electron chi connectivity index (χ3n) is 6.15. The Hall–Kier alpha value is -2.15. The Bertz CT molecular complexity index is 789. The summed E-state index contributed by atoms with van der Waals surface area (Å²) in [5.74, 6) is 0.443. The lowest BCUT2D eigenvalue weighted by atomic mass is 9.82. The predicted molar refractivity (Wildman–Crippen MR) is 123 cm³/mol. The van der Waals surface area contributed by atoms with Gasteiger partial charge in [0.1, 0.15) is 6.54 Å². The van der Waals surface area contributed by atoms with Crippen LogP contribution in [-0.2, 0) is 4.79 Å². The zero-order valence-electron chi connectivity index (χ0n) is 19.7. The monoisotopic (exact) mass is 447 g/mol. The number of ether oxygens (including phenoxy) is 1. The molecule has 2 aliphatic rings. The topological polar surface area (TPSA) is 70.7 Å². The third-order valence-corrected chi connectivity index (χ3v) is 6.15. The molecular weight excluding hydrogens is 409 g/mol. The van der Waals surface area contributed by atoms with Gasteiger partial charge in [-0.25, -0.2) is 9.18 Å². The molecule has 0 bridgehead atoms. The van der Waals surface area contributed by atoms with Gasteiger partial charge in [-0.2, -0.15) is 0 Å². The van der Waals surface area contributed by atoms with E-state index in [0.717, 1.165) is 44.2 Å². The maximum Gasteiger partial charge on any atom is 0.324 e. The molecular formula is C25H38FN3O3. The van der Waals surface area contributed by atoms with Gasteiger partial charge in [0.25, 0.3) is 0 Å². The molecule has 32 heavy (non-hydrogen) atoms. The molecule has 1 saturated heterocycles. The number of carbonyl (C=O) groups excluding carboxylic acids is 2. The largest absolute Gasteiger partial charge is 0.490 e. The van der Waals surface area contributed by atoms with Crippen LogP contribution in [0, 0.1) is 17.2 Å². The van der Waals surface area contributed by atoms with E-state index in [4.69, 9.17) is 4.74 Å². The number of amides is 3. The van der Waals surface area contributed by atoms with Crippen molar-refractivity contribution in [2.45, 2.75) is 71.8 Å². The zero-order chi connectivity index (χ0) is 23.1. The summed E-state index contributed by atoms with van der Waals surface area (Å²) >= 11 is 0. The van der Waals surface area contributed by atoms with Crippen molar-refractivity contribution in [2.24, 2.45) is 11.3 Å². The molecule has 6 nitrogen and oxygen atoms in total. The molecule has 7 heteroatoms. The first-order valence-electron chi connectivity index (χ1n) is 12.0. The van der Waals surface area contributed by atoms with E-state index in [9.17, 15) is 14.0 Å². The number of imide groups is 1. The van der Waals surface area contributed by atoms with Crippen LogP contribution in [0.15, 0.2) is 18.2 Å². The van der Waals surface area contributed by atoms with Crippen LogP contribution in [0.2, 0.25) is 0 Å². The van der Waals surface area contributed by atoms with Gasteiger partial charge < -0.3 is 15.0 Å². The number of hydrogen-bond donors (Lipinski definition) is 2. The Balaban J connectivity index is 1.39. The summed E-state index contributed by atoms with van der Waals surface area (Å²) < 4.78 is 20.0. The maximum absolute atomic E-state index is 14.2. The van der Waals surface area contributed by atoms with E-state index in [-0.39, 0.29) is 35.8 Å². The van der Waals surface area contributed by atoms with Crippen LogP contribution in [0.3, 0.4) is 0 Å². The van der Waals surface area contributed by atoms with E-state index in [0.29, 0.717) is 24.8 Å². The molecule has 0 spiro atoms. The number of carbonyl (C=O) groups is 2. The fourth-order valence-corrected chi connectivity index (χ4v) is 4.09. The number of benzene rings is 1. The molecule has 2 N–H and O–H groups in total. The first-order valence-corrected chi connectivity index (χ1v) is 12.0. The van der Waals surface area contributed by atoms with E-state index in [1.807, 2.05) is 12.1 Å². The molecule has 1 aromatic rings. The molecule has 1 aliphatic carbocycles. The van der Waals surface area contributed by atoms with Crippen LogP contribution in [0.4, 0.5) is 9.18 Å². The summed E-state index contributed by atoms with van der Waals surface area (Å²) in [5, 5.41) is 5.97. The van der Waals surface area contributed by atoms with Gasteiger partial charge >= 0.3 is 6.03 Å². The quantitative estimate of drug-likeness (QED) is 0.337. The van der Waals surface area contributed by atoms with Crippen molar-refractivity contribution < 1.29 is 18.7 Å². The van der Waals surface area contributed by atoms with Crippen LogP contribution < -0.4 is 15.4 Å². The fourth-order valence-electron chi connectivity index (χ4n) is 4.09. The van der Waals surface area contributed by atoms with Gasteiger partial charge in [-0.3, -0.25) is 10.1 Å². The number of urea groups is 1. The van der Waals surface area contributed by atoms with Crippen molar-refractivity contribution in [2.75, 3.05) is 26.2 Å². The molecule has 1 aliphatic heterocycles. The van der Waals surface area contributed by atoms with Gasteiger partial charge in [-0.05, 0) is 61.3 Å². The lowest BCUT2D eigenvalue weighted by Crippen LogP contribution is -2.33. The lowest BCUT2D eigenvalue weighted by molar-refractivity contribution is -0.118. The van der Waals surface area contributed by atoms with Crippen molar-refractivity contribution in [1.29, 1.82) is 0 Å². The van der Waals surface area contributed by atoms with Crippen molar-refractivity contribution >= 4 is 11.9 Å². The van der Waals surface area contributed by atoms with Gasteiger partial charge in [0.15, 0.2) is 11.6 Å². The highest BCUT2D eigenvalue weighted by Crippen LogP contribution is 2.36. The van der Waals surface area contributed by atoms with E-state index < -0.39 is 0 Å². The van der Waals surface area contributed by atoms with E-state index >= 15 is 0 Å². The summed E-state index contributed by atoms with van der Waals surface area (Å²) in [6.07, 6.45) is 7.58. The number of hydrogen-bond acceptors (Lipinski definition) is 4. The summed E-state index contributed by atoms with van der Waals surface area (Å²) in [5.41, 5.74) is 1.04. The van der Waals surface area contributed by atoms with Gasteiger partial charge in [-0.15, -0.1) is 0 Å². The van der Waals surface area contributed by atoms with Crippen LogP contribution in [-0.4, -0.2) is 43.1 Å². The Morgan fingerprint density at radius 1 is 1.16 bits per heavy atom. The second-order valence-electron chi connectivity index (χ2n) is 10.2. The highest BCUT2D eigenvalue weighted by atomic mass is 19.1. The average molecular weight is 448 g/mol. The van der Waals surface area contributed by atoms with E-state index in [2.05, 4.69) is 31.4 Å². The minimum atomic E-state index is -0.294. The predicted octanol–water partition coefficient (Wildman–Crippen LogP) is 4.79. The van der Waals surface area contributed by atoms with Crippen LogP contribution in [0.5, 0.6) is 5.75 Å². The Labute approximate surface area is 191 Å². The molecule has 3 rings (SSSR count). The van der Waals surface area contributed by atoms with Gasteiger partial charge in [-0.1, -0.05) is 46.1 Å². The SMILES string of the molecule is CC(C)(C)C(NCCCCCCCN1CC(=O)NC1=O)c1ccc(F)c(OCC2CC2)c1. The first-order chi connectivity index (χ1) is 15.2. The highest BCUT2D eigenvalue weighted by Gasteiger charge is 2.28. The normalized spacial score (nSPS) is 17.6.